The number of carbonyl (C=O) groups is 3. The van der Waals surface area contributed by atoms with Gasteiger partial charge in [-0.15, -0.1) is 0 Å². The van der Waals surface area contributed by atoms with Gasteiger partial charge in [0.2, 0.25) is 0 Å². The molecule has 0 aromatic heterocycles. The van der Waals surface area contributed by atoms with Crippen molar-refractivity contribution in [1.82, 2.24) is 0 Å². The number of carbonyl (C=O) groups excluding carboxylic acids is 1. The first-order chi connectivity index (χ1) is 14.6. The number of carboxylic acids is 2. The second-order valence-corrected chi connectivity index (χ2v) is 6.86. The van der Waals surface area contributed by atoms with Crippen LogP contribution in [0.2, 0.25) is 0 Å². The van der Waals surface area contributed by atoms with Crippen LogP contribution in [0.5, 0.6) is 0 Å². The highest BCUT2D eigenvalue weighted by molar-refractivity contribution is 6.39. The van der Waals surface area contributed by atoms with Crippen LogP contribution in [0.1, 0.15) is 60.7 Å². The Morgan fingerprint density at radius 1 is 0.774 bits per heavy atom. The van der Waals surface area contributed by atoms with E-state index in [4.69, 9.17) is 10.2 Å². The third-order valence-corrected chi connectivity index (χ3v) is 4.47. The minimum Gasteiger partial charge on any atom is -0.478 e. The lowest BCUT2D eigenvalue weighted by Gasteiger charge is -2.22. The predicted molar refractivity (Wildman–Crippen MR) is 118 cm³/mol. The summed E-state index contributed by atoms with van der Waals surface area (Å²) in [5.41, 5.74) is 0.539. The monoisotopic (exact) mass is 432 g/mol. The van der Waals surface area contributed by atoms with E-state index in [9.17, 15) is 24.6 Å². The van der Waals surface area contributed by atoms with Crippen molar-refractivity contribution >= 4 is 17.7 Å². The van der Waals surface area contributed by atoms with Gasteiger partial charge in [0.25, 0.3) is 5.78 Å². The Kier molecular flexibility index (Phi) is 14.2. The number of hydrogen-bond donors (Lipinski definition) is 4. The van der Waals surface area contributed by atoms with Crippen LogP contribution in [-0.4, -0.2) is 50.4 Å². The zero-order valence-electron chi connectivity index (χ0n) is 18.1. The van der Waals surface area contributed by atoms with Crippen LogP contribution in [0.3, 0.4) is 0 Å². The number of carboxylic acid groups (broad SMARTS) is 2. The molecule has 3 atom stereocenters. The number of Topliss-reactive ketones (excluding diaryl/α,β-unsaturated/α-hetero) is 1. The molecule has 2 aromatic carbocycles. The summed E-state index contributed by atoms with van der Waals surface area (Å²) >= 11 is 0. The van der Waals surface area contributed by atoms with E-state index in [2.05, 4.69) is 0 Å². The first-order valence-corrected chi connectivity index (χ1v) is 10.1. The highest BCUT2D eigenvalue weighted by atomic mass is 16.4. The number of rotatable bonds is 8. The van der Waals surface area contributed by atoms with Crippen molar-refractivity contribution in [3.63, 3.8) is 0 Å². The lowest BCUT2D eigenvalue weighted by Crippen LogP contribution is -2.28. The molecule has 170 valence electrons. The summed E-state index contributed by atoms with van der Waals surface area (Å²) in [7, 11) is 0. The molecule has 0 saturated heterocycles. The van der Waals surface area contributed by atoms with Crippen LogP contribution in [0.15, 0.2) is 60.7 Å². The number of hydrogen-bond acceptors (Lipinski definition) is 5. The quantitative estimate of drug-likeness (QED) is 0.367. The molecular formula is C24H32O7. The van der Waals surface area contributed by atoms with Crippen molar-refractivity contribution in [2.24, 2.45) is 5.92 Å². The van der Waals surface area contributed by atoms with E-state index < -0.39 is 17.7 Å². The van der Waals surface area contributed by atoms with Gasteiger partial charge in [-0.2, -0.15) is 0 Å². The third kappa shape index (κ3) is 11.7. The molecule has 0 fully saturated rings. The van der Waals surface area contributed by atoms with Crippen LogP contribution in [0, 0.1) is 5.92 Å². The predicted octanol–water partition coefficient (Wildman–Crippen LogP) is 3.89. The number of benzene rings is 2. The molecule has 3 unspecified atom stereocenters. The van der Waals surface area contributed by atoms with Crippen LogP contribution < -0.4 is 0 Å². The summed E-state index contributed by atoms with van der Waals surface area (Å²) in [6, 6.07) is 16.2. The molecule has 4 N–H and O–H groups in total. The van der Waals surface area contributed by atoms with Gasteiger partial charge >= 0.3 is 11.9 Å². The zero-order chi connectivity index (χ0) is 23.8. The zero-order valence-corrected chi connectivity index (χ0v) is 18.1. The smallest absolute Gasteiger partial charge is 0.377 e. The minimum absolute atomic E-state index is 0.0138. The fourth-order valence-corrected chi connectivity index (χ4v) is 2.48. The number of aromatic carboxylic acids is 1. The molecule has 7 heteroatoms. The lowest BCUT2D eigenvalue weighted by molar-refractivity contribution is -0.131. The summed E-state index contributed by atoms with van der Waals surface area (Å²) in [5, 5.41) is 35.5. The lowest BCUT2D eigenvalue weighted by atomic mass is 9.94. The number of ketones is 1. The standard InChI is InChI=1S/C9H20O2.C8H6O3.C7H6O2/c1-4-6-9(11)7(3)8(10)5-2;9-7(8(10)11)6-4-2-1-3-5-6;8-7(9)6-4-2-1-3-5-6/h7-11H,4-6H2,1-3H3;1-5H,(H,10,11);1-5H,(H,8,9). The normalized spacial score (nSPS) is 12.7. The van der Waals surface area contributed by atoms with Crippen LogP contribution in [0.25, 0.3) is 0 Å². The Bertz CT molecular complexity index is 775. The maximum atomic E-state index is 10.7. The highest BCUT2D eigenvalue weighted by Gasteiger charge is 2.19. The summed E-state index contributed by atoms with van der Waals surface area (Å²) in [4.78, 5) is 31.1. The van der Waals surface area contributed by atoms with Gasteiger partial charge in [-0.05, 0) is 25.0 Å². The minimum atomic E-state index is -1.42. The summed E-state index contributed by atoms with van der Waals surface area (Å²) in [6.45, 7) is 5.86. The summed E-state index contributed by atoms with van der Waals surface area (Å²) < 4.78 is 0. The molecule has 0 amide bonds. The summed E-state index contributed by atoms with van der Waals surface area (Å²) in [6.07, 6.45) is 1.80. The third-order valence-electron chi connectivity index (χ3n) is 4.47. The van der Waals surface area contributed by atoms with E-state index in [0.29, 0.717) is 5.56 Å². The van der Waals surface area contributed by atoms with Gasteiger partial charge < -0.3 is 20.4 Å². The van der Waals surface area contributed by atoms with E-state index >= 15 is 0 Å². The first-order valence-electron chi connectivity index (χ1n) is 10.1. The Morgan fingerprint density at radius 3 is 1.55 bits per heavy atom. The van der Waals surface area contributed by atoms with Gasteiger partial charge in [0.05, 0.1) is 17.8 Å². The van der Waals surface area contributed by atoms with Gasteiger partial charge in [-0.3, -0.25) is 4.79 Å². The fraction of sp³-hybridized carbons (Fsp3) is 0.375. The van der Waals surface area contributed by atoms with Crippen molar-refractivity contribution in [3.8, 4) is 0 Å². The van der Waals surface area contributed by atoms with Crippen LogP contribution >= 0.6 is 0 Å². The average molecular weight is 433 g/mol. The SMILES string of the molecule is CCCC(O)C(C)C(O)CC.O=C(O)C(=O)c1ccccc1.O=C(O)c1ccccc1. The Balaban J connectivity index is 0.000000438. The maximum Gasteiger partial charge on any atom is 0.377 e. The molecule has 2 aromatic rings. The number of aliphatic carboxylic acids is 1. The van der Waals surface area contributed by atoms with Gasteiger partial charge in [0.15, 0.2) is 0 Å². The van der Waals surface area contributed by atoms with Gasteiger partial charge in [0.1, 0.15) is 0 Å². The number of aliphatic hydroxyl groups excluding tert-OH is 2. The van der Waals surface area contributed by atoms with E-state index in [1.54, 1.807) is 48.5 Å². The fourth-order valence-electron chi connectivity index (χ4n) is 2.48. The number of aliphatic hydroxyl groups is 2. The second-order valence-electron chi connectivity index (χ2n) is 6.86. The van der Waals surface area contributed by atoms with E-state index in [-0.39, 0.29) is 23.7 Å². The van der Waals surface area contributed by atoms with Crippen molar-refractivity contribution in [3.05, 3.63) is 71.8 Å². The van der Waals surface area contributed by atoms with Crippen LogP contribution in [0.4, 0.5) is 0 Å². The van der Waals surface area contributed by atoms with Crippen molar-refractivity contribution in [1.29, 1.82) is 0 Å². The van der Waals surface area contributed by atoms with Gasteiger partial charge in [-0.1, -0.05) is 75.7 Å². The molecule has 2 rings (SSSR count). The molecular weight excluding hydrogens is 400 g/mol. The molecule has 0 aliphatic carbocycles. The molecule has 0 aliphatic heterocycles. The molecule has 0 heterocycles. The maximum absolute atomic E-state index is 10.7. The van der Waals surface area contributed by atoms with Crippen molar-refractivity contribution in [2.75, 3.05) is 0 Å². The van der Waals surface area contributed by atoms with E-state index in [1.807, 2.05) is 20.8 Å². The van der Waals surface area contributed by atoms with Crippen LogP contribution in [-0.2, 0) is 4.79 Å². The Labute approximate surface area is 183 Å². The molecule has 0 spiro atoms. The second kappa shape index (κ2) is 15.8. The summed E-state index contributed by atoms with van der Waals surface area (Å²) in [5.74, 6) is -3.16. The topological polar surface area (TPSA) is 132 Å². The molecule has 0 radical (unpaired) electrons. The molecule has 0 saturated carbocycles. The molecule has 31 heavy (non-hydrogen) atoms. The van der Waals surface area contributed by atoms with Crippen molar-refractivity contribution in [2.45, 2.75) is 52.2 Å². The van der Waals surface area contributed by atoms with Crippen molar-refractivity contribution < 1.29 is 34.8 Å². The van der Waals surface area contributed by atoms with E-state index in [1.165, 1.54) is 12.1 Å². The van der Waals surface area contributed by atoms with Gasteiger partial charge in [-0.25, -0.2) is 9.59 Å². The van der Waals surface area contributed by atoms with Gasteiger partial charge in [0, 0.05) is 11.5 Å². The Hall–Kier alpha value is -3.03. The Morgan fingerprint density at radius 2 is 1.23 bits per heavy atom. The first kappa shape index (κ1) is 28.0. The highest BCUT2D eigenvalue weighted by Crippen LogP contribution is 2.15. The van der Waals surface area contributed by atoms with E-state index in [0.717, 1.165) is 19.3 Å². The molecule has 0 aliphatic rings. The largest absolute Gasteiger partial charge is 0.478 e. The molecule has 7 nitrogen and oxygen atoms in total. The average Bonchev–Trinajstić information content (AvgIpc) is 2.79. The molecule has 0 bridgehead atoms.